The summed E-state index contributed by atoms with van der Waals surface area (Å²) in [5.41, 5.74) is 1.91. The van der Waals surface area contributed by atoms with E-state index in [0.717, 1.165) is 25.1 Å². The number of nitrogens with zero attached hydrogens (tertiary/aromatic N) is 3. The van der Waals surface area contributed by atoms with Gasteiger partial charge in [-0.25, -0.2) is 18.1 Å². The Morgan fingerprint density at radius 2 is 2.22 bits per heavy atom. The number of carbonyl (C=O) groups is 1. The van der Waals surface area contributed by atoms with Gasteiger partial charge in [0.1, 0.15) is 17.2 Å². The highest BCUT2D eigenvalue weighted by Gasteiger charge is 2.36. The molecule has 2 aromatic heterocycles. The normalized spacial score (nSPS) is 22.7. The van der Waals surface area contributed by atoms with Crippen LogP contribution in [0.15, 0.2) is 48.3 Å². The molecule has 142 valence electrons. The second-order valence-corrected chi connectivity index (χ2v) is 6.87. The molecule has 1 aliphatic carbocycles. The number of carbonyl (C=O) groups excluding carboxylic acids is 1. The number of halogens is 2. The molecule has 1 fully saturated rings. The number of ether oxygens (including phenoxy) is 1. The summed E-state index contributed by atoms with van der Waals surface area (Å²) in [5, 5.41) is 4.19. The molecule has 1 saturated heterocycles. The molecule has 2 unspecified atom stereocenters. The molecule has 3 heterocycles. The summed E-state index contributed by atoms with van der Waals surface area (Å²) in [7, 11) is 0. The quantitative estimate of drug-likeness (QED) is 0.754. The van der Waals surface area contributed by atoms with Gasteiger partial charge in [0, 0.05) is 36.8 Å². The Labute approximate surface area is 155 Å². The Balaban J connectivity index is 1.67. The van der Waals surface area contributed by atoms with Crippen molar-refractivity contribution in [3.8, 4) is 0 Å². The van der Waals surface area contributed by atoms with Crippen molar-refractivity contribution in [2.24, 2.45) is 5.92 Å². The molecule has 4 rings (SSSR count). The van der Waals surface area contributed by atoms with Gasteiger partial charge in [-0.2, -0.15) is 5.10 Å². The number of pyridine rings is 1. The van der Waals surface area contributed by atoms with E-state index in [1.807, 2.05) is 12.1 Å². The first-order valence-electron chi connectivity index (χ1n) is 9.21. The molecule has 2 atom stereocenters. The molecule has 27 heavy (non-hydrogen) atoms. The zero-order chi connectivity index (χ0) is 19.0. The lowest BCUT2D eigenvalue weighted by molar-refractivity contribution is 0.0528. The van der Waals surface area contributed by atoms with Gasteiger partial charge in [0.2, 0.25) is 0 Å². The Kier molecular flexibility index (Phi) is 4.68. The lowest BCUT2D eigenvalue weighted by Gasteiger charge is -2.33. The van der Waals surface area contributed by atoms with Gasteiger partial charge in [0.15, 0.2) is 0 Å². The molecule has 2 aromatic rings. The van der Waals surface area contributed by atoms with Gasteiger partial charge < -0.3 is 9.64 Å². The average Bonchev–Trinajstić information content (AvgIpc) is 3.30. The van der Waals surface area contributed by atoms with Gasteiger partial charge in [-0.3, -0.25) is 0 Å². The second kappa shape index (κ2) is 7.13. The highest BCUT2D eigenvalue weighted by Crippen LogP contribution is 2.39. The van der Waals surface area contributed by atoms with Gasteiger partial charge in [0.25, 0.3) is 0 Å². The predicted molar refractivity (Wildman–Crippen MR) is 98.0 cm³/mol. The molecule has 7 heteroatoms. The van der Waals surface area contributed by atoms with Crippen molar-refractivity contribution in [3.05, 3.63) is 53.9 Å². The molecule has 0 spiro atoms. The van der Waals surface area contributed by atoms with Gasteiger partial charge >= 0.3 is 5.97 Å². The van der Waals surface area contributed by atoms with Crippen molar-refractivity contribution in [1.82, 2.24) is 9.61 Å². The number of hydrogen-bond acceptors (Lipinski definition) is 4. The first-order valence-corrected chi connectivity index (χ1v) is 9.21. The zero-order valence-corrected chi connectivity index (χ0v) is 15.1. The predicted octanol–water partition coefficient (Wildman–Crippen LogP) is 4.21. The van der Waals surface area contributed by atoms with Crippen molar-refractivity contribution >= 4 is 17.2 Å². The molecule has 0 bridgehead atoms. The van der Waals surface area contributed by atoms with Crippen LogP contribution in [0.5, 0.6) is 0 Å². The van der Waals surface area contributed by atoms with Gasteiger partial charge in [-0.05, 0) is 44.1 Å². The van der Waals surface area contributed by atoms with E-state index < -0.39 is 11.9 Å². The summed E-state index contributed by atoms with van der Waals surface area (Å²) in [6.45, 7) is 2.80. The van der Waals surface area contributed by atoms with E-state index in [9.17, 15) is 13.6 Å². The molecule has 0 radical (unpaired) electrons. The minimum absolute atomic E-state index is 0.0898. The number of rotatable bonds is 4. The van der Waals surface area contributed by atoms with E-state index in [4.69, 9.17) is 4.74 Å². The molecule has 5 nitrogen and oxygen atoms in total. The topological polar surface area (TPSA) is 46.8 Å². The van der Waals surface area contributed by atoms with Crippen LogP contribution in [0, 0.1) is 5.92 Å². The maximum atomic E-state index is 14.4. The number of hydrogen-bond donors (Lipinski definition) is 0. The van der Waals surface area contributed by atoms with Crippen molar-refractivity contribution in [3.63, 3.8) is 0 Å². The molecule has 0 N–H and O–H groups in total. The van der Waals surface area contributed by atoms with E-state index in [0.29, 0.717) is 11.1 Å². The molecule has 0 saturated carbocycles. The minimum Gasteiger partial charge on any atom is -0.462 e. The smallest absolute Gasteiger partial charge is 0.341 e. The molecule has 0 aromatic carbocycles. The Hall–Kier alpha value is -2.70. The largest absolute Gasteiger partial charge is 0.462 e. The number of aromatic nitrogens is 2. The fourth-order valence-corrected chi connectivity index (χ4v) is 4.03. The van der Waals surface area contributed by atoms with Crippen LogP contribution in [0.2, 0.25) is 0 Å². The molecular formula is C20H21F2N3O2. The Morgan fingerprint density at radius 1 is 1.37 bits per heavy atom. The third-order valence-corrected chi connectivity index (χ3v) is 5.29. The van der Waals surface area contributed by atoms with Crippen LogP contribution < -0.4 is 4.90 Å². The summed E-state index contributed by atoms with van der Waals surface area (Å²) < 4.78 is 34.8. The van der Waals surface area contributed by atoms with E-state index in [2.05, 4.69) is 10.00 Å². The molecule has 1 aliphatic heterocycles. The van der Waals surface area contributed by atoms with Crippen LogP contribution in [0.3, 0.4) is 0 Å². The number of anilines is 1. The summed E-state index contributed by atoms with van der Waals surface area (Å²) >= 11 is 0. The molecule has 0 amide bonds. The summed E-state index contributed by atoms with van der Waals surface area (Å²) in [4.78, 5) is 14.3. The second-order valence-electron chi connectivity index (χ2n) is 6.87. The van der Waals surface area contributed by atoms with E-state index in [1.54, 1.807) is 17.6 Å². The number of fused-ring (bicyclic) bond motifs is 1. The first kappa shape index (κ1) is 17.7. The van der Waals surface area contributed by atoms with E-state index in [-0.39, 0.29) is 30.7 Å². The Morgan fingerprint density at radius 3 is 3.04 bits per heavy atom. The van der Waals surface area contributed by atoms with Crippen LogP contribution in [-0.2, 0) is 4.74 Å². The maximum Gasteiger partial charge on any atom is 0.341 e. The monoisotopic (exact) mass is 373 g/mol. The molecule has 2 aliphatic rings. The van der Waals surface area contributed by atoms with Crippen molar-refractivity contribution in [1.29, 1.82) is 0 Å². The third kappa shape index (κ3) is 3.22. The third-order valence-electron chi connectivity index (χ3n) is 5.29. The van der Waals surface area contributed by atoms with Crippen LogP contribution in [0.4, 0.5) is 14.5 Å². The summed E-state index contributed by atoms with van der Waals surface area (Å²) in [6.07, 6.45) is 7.50. The lowest BCUT2D eigenvalue weighted by atomic mass is 9.89. The van der Waals surface area contributed by atoms with Gasteiger partial charge in [-0.15, -0.1) is 0 Å². The highest BCUT2D eigenvalue weighted by molar-refractivity contribution is 5.97. The van der Waals surface area contributed by atoms with E-state index >= 15 is 0 Å². The standard InChI is InChI=1S/C20H21F2N3O2/c1-2-27-20(26)16-12-23-25-9-7-14(11-19(16)25)24-8-3-4-18(24)15-10-13(21)5-6-17(15)22/h5-7,9,11-12,15,18H,2-4,8,10H2,1H3. The minimum atomic E-state index is -0.483. The van der Waals surface area contributed by atoms with Crippen LogP contribution in [-0.4, -0.2) is 34.8 Å². The van der Waals surface area contributed by atoms with Crippen molar-refractivity contribution in [2.45, 2.75) is 32.2 Å². The molecular weight excluding hydrogens is 352 g/mol. The maximum absolute atomic E-state index is 14.4. The fraction of sp³-hybridized carbons (Fsp3) is 0.400. The lowest BCUT2D eigenvalue weighted by Crippen LogP contribution is -2.36. The van der Waals surface area contributed by atoms with Gasteiger partial charge in [0.05, 0.1) is 18.3 Å². The average molecular weight is 373 g/mol. The summed E-state index contributed by atoms with van der Waals surface area (Å²) in [5.74, 6) is -1.46. The fourth-order valence-electron chi connectivity index (χ4n) is 4.03. The van der Waals surface area contributed by atoms with Crippen molar-refractivity contribution < 1.29 is 18.3 Å². The van der Waals surface area contributed by atoms with Gasteiger partial charge in [-0.1, -0.05) is 0 Å². The van der Waals surface area contributed by atoms with Crippen LogP contribution in [0.25, 0.3) is 5.52 Å². The van der Waals surface area contributed by atoms with Crippen LogP contribution >= 0.6 is 0 Å². The highest BCUT2D eigenvalue weighted by atomic mass is 19.1. The SMILES string of the molecule is CCOC(=O)c1cnn2ccc(N3CCCC3C3CC(F)=CC=C3F)cc12. The zero-order valence-electron chi connectivity index (χ0n) is 15.1. The van der Waals surface area contributed by atoms with Crippen molar-refractivity contribution in [2.75, 3.05) is 18.1 Å². The Bertz CT molecular complexity index is 934. The number of allylic oxidation sites excluding steroid dienone is 3. The van der Waals surface area contributed by atoms with Crippen LogP contribution in [0.1, 0.15) is 36.5 Å². The first-order chi connectivity index (χ1) is 13.1. The van der Waals surface area contributed by atoms with E-state index in [1.165, 1.54) is 18.3 Å². The summed E-state index contributed by atoms with van der Waals surface area (Å²) in [6, 6.07) is 3.65. The number of esters is 1.